The molecular formula is C11H23NO10. The number of ether oxygens (including phenoxy) is 1. The van der Waals surface area contributed by atoms with Crippen molar-refractivity contribution in [3.8, 4) is 0 Å². The van der Waals surface area contributed by atoms with Gasteiger partial charge in [-0.25, -0.2) is 0 Å². The molecule has 1 fully saturated rings. The molecule has 1 aliphatic rings. The number of aliphatic hydroxyl groups excluding tert-OH is 9. The summed E-state index contributed by atoms with van der Waals surface area (Å²) in [5.74, 6) is 0. The van der Waals surface area contributed by atoms with Crippen LogP contribution in [0.2, 0.25) is 0 Å². The van der Waals surface area contributed by atoms with Crippen LogP contribution in [0.15, 0.2) is 0 Å². The second-order valence-electron chi connectivity index (χ2n) is 5.26. The van der Waals surface area contributed by atoms with Gasteiger partial charge in [0.1, 0.15) is 48.8 Å². The highest BCUT2D eigenvalue weighted by Crippen LogP contribution is 2.23. The molecule has 0 bridgehead atoms. The van der Waals surface area contributed by atoms with Crippen LogP contribution < -0.4 is 5.73 Å². The molecule has 0 aromatic heterocycles. The van der Waals surface area contributed by atoms with Gasteiger partial charge in [-0.2, -0.15) is 0 Å². The van der Waals surface area contributed by atoms with E-state index in [1.54, 1.807) is 0 Å². The van der Waals surface area contributed by atoms with Gasteiger partial charge in [0.05, 0.1) is 12.6 Å². The second kappa shape index (κ2) is 7.90. The van der Waals surface area contributed by atoms with Crippen LogP contribution in [0.25, 0.3) is 0 Å². The minimum absolute atomic E-state index is 0.899. The first-order valence-corrected chi connectivity index (χ1v) is 6.59. The smallest absolute Gasteiger partial charge is 0.183 e. The van der Waals surface area contributed by atoms with E-state index < -0.39 is 67.8 Å². The number of hydrogen-bond acceptors (Lipinski definition) is 11. The monoisotopic (exact) mass is 329 g/mol. The molecule has 10 atom stereocenters. The quantitative estimate of drug-likeness (QED) is 0.221. The third kappa shape index (κ3) is 3.90. The van der Waals surface area contributed by atoms with E-state index in [1.807, 2.05) is 0 Å². The van der Waals surface area contributed by atoms with Gasteiger partial charge in [-0.3, -0.25) is 0 Å². The van der Waals surface area contributed by atoms with Crippen LogP contribution in [-0.4, -0.2) is 114 Å². The van der Waals surface area contributed by atoms with Gasteiger partial charge in [-0.15, -0.1) is 0 Å². The van der Waals surface area contributed by atoms with E-state index in [0.717, 1.165) is 0 Å². The van der Waals surface area contributed by atoms with Crippen LogP contribution >= 0.6 is 0 Å². The minimum Gasteiger partial charge on any atom is -0.394 e. The molecule has 11 N–H and O–H groups in total. The maximum Gasteiger partial charge on any atom is 0.183 e. The Morgan fingerprint density at radius 3 is 1.91 bits per heavy atom. The van der Waals surface area contributed by atoms with Crippen LogP contribution in [0.1, 0.15) is 0 Å². The van der Waals surface area contributed by atoms with Crippen LogP contribution in [-0.2, 0) is 4.74 Å². The van der Waals surface area contributed by atoms with E-state index in [0.29, 0.717) is 0 Å². The van der Waals surface area contributed by atoms with E-state index in [2.05, 4.69) is 0 Å². The Bertz CT molecular complexity index is 347. The van der Waals surface area contributed by atoms with E-state index in [1.165, 1.54) is 0 Å². The molecular weight excluding hydrogens is 306 g/mol. The molecule has 1 saturated heterocycles. The third-order valence-electron chi connectivity index (χ3n) is 3.68. The summed E-state index contributed by atoms with van der Waals surface area (Å²) < 4.78 is 4.79. The SMILES string of the molecule is NC1C(O)C(O)C(O)OC1C(O)C(O)C(O)C(O)C(O)CO. The van der Waals surface area contributed by atoms with Crippen molar-refractivity contribution in [2.24, 2.45) is 5.73 Å². The van der Waals surface area contributed by atoms with Crippen molar-refractivity contribution in [3.05, 3.63) is 0 Å². The van der Waals surface area contributed by atoms with Gasteiger partial charge in [0, 0.05) is 0 Å². The first kappa shape index (κ1) is 19.6. The first-order chi connectivity index (χ1) is 10.1. The molecule has 0 saturated carbocycles. The fraction of sp³-hybridized carbons (Fsp3) is 1.00. The molecule has 0 amide bonds. The Kier molecular flexibility index (Phi) is 7.04. The highest BCUT2D eigenvalue weighted by molar-refractivity contribution is 4.98. The summed E-state index contributed by atoms with van der Waals surface area (Å²) in [5.41, 5.74) is 5.53. The topological polar surface area (TPSA) is 217 Å². The van der Waals surface area contributed by atoms with E-state index in [-0.39, 0.29) is 0 Å². The molecule has 22 heavy (non-hydrogen) atoms. The zero-order valence-corrected chi connectivity index (χ0v) is 11.5. The zero-order valence-electron chi connectivity index (χ0n) is 11.5. The summed E-state index contributed by atoms with van der Waals surface area (Å²) in [7, 11) is 0. The molecule has 0 radical (unpaired) electrons. The molecule has 132 valence electrons. The Balaban J connectivity index is 2.79. The summed E-state index contributed by atoms with van der Waals surface area (Å²) in [5, 5.41) is 85.0. The van der Waals surface area contributed by atoms with Crippen molar-refractivity contribution in [2.45, 2.75) is 61.2 Å². The van der Waals surface area contributed by atoms with E-state index >= 15 is 0 Å². The Morgan fingerprint density at radius 1 is 0.864 bits per heavy atom. The summed E-state index contributed by atoms with van der Waals surface area (Å²) in [6.45, 7) is -0.899. The Labute approximate surface area is 125 Å². The van der Waals surface area contributed by atoms with Crippen molar-refractivity contribution in [3.63, 3.8) is 0 Å². The van der Waals surface area contributed by atoms with E-state index in [4.69, 9.17) is 15.6 Å². The lowest BCUT2D eigenvalue weighted by atomic mass is 9.88. The lowest BCUT2D eigenvalue weighted by Crippen LogP contribution is -2.66. The number of aliphatic hydroxyl groups is 9. The van der Waals surface area contributed by atoms with Gasteiger partial charge in [-0.05, 0) is 0 Å². The number of rotatable bonds is 6. The van der Waals surface area contributed by atoms with Crippen molar-refractivity contribution >= 4 is 0 Å². The largest absolute Gasteiger partial charge is 0.394 e. The van der Waals surface area contributed by atoms with Gasteiger partial charge in [0.25, 0.3) is 0 Å². The molecule has 0 spiro atoms. The highest BCUT2D eigenvalue weighted by Gasteiger charge is 2.48. The maximum absolute atomic E-state index is 9.93. The van der Waals surface area contributed by atoms with Crippen LogP contribution in [0.5, 0.6) is 0 Å². The standard InChI is InChI=1S/C11H23NO10/c12-3-5(16)9(20)11(21)22-10(3)8(19)7(18)6(17)4(15)2(14)1-13/h2-11,13-21H,1,12H2. The van der Waals surface area contributed by atoms with Crippen LogP contribution in [0.3, 0.4) is 0 Å². The van der Waals surface area contributed by atoms with Crippen LogP contribution in [0, 0.1) is 0 Å². The first-order valence-electron chi connectivity index (χ1n) is 6.59. The fourth-order valence-corrected chi connectivity index (χ4v) is 2.17. The van der Waals surface area contributed by atoms with Gasteiger partial charge >= 0.3 is 0 Å². The van der Waals surface area contributed by atoms with Crippen molar-refractivity contribution in [1.82, 2.24) is 0 Å². The molecule has 0 aromatic rings. The van der Waals surface area contributed by atoms with Crippen molar-refractivity contribution in [2.75, 3.05) is 6.61 Å². The fourth-order valence-electron chi connectivity index (χ4n) is 2.17. The van der Waals surface area contributed by atoms with Crippen LogP contribution in [0.4, 0.5) is 0 Å². The lowest BCUT2D eigenvalue weighted by Gasteiger charge is -2.42. The maximum atomic E-state index is 9.93. The predicted octanol–water partition coefficient (Wildman–Crippen LogP) is -6.45. The molecule has 0 aromatic carbocycles. The molecule has 11 heteroatoms. The van der Waals surface area contributed by atoms with Crippen molar-refractivity contribution in [1.29, 1.82) is 0 Å². The van der Waals surface area contributed by atoms with Gasteiger partial charge < -0.3 is 56.4 Å². The Hall–Kier alpha value is -0.440. The number of hydrogen-bond donors (Lipinski definition) is 10. The molecule has 0 aliphatic carbocycles. The Morgan fingerprint density at radius 2 is 1.41 bits per heavy atom. The van der Waals surface area contributed by atoms with E-state index in [9.17, 15) is 40.9 Å². The lowest BCUT2D eigenvalue weighted by molar-refractivity contribution is -0.280. The summed E-state index contributed by atoms with van der Waals surface area (Å²) in [6.07, 6.45) is -16.7. The molecule has 1 heterocycles. The highest BCUT2D eigenvalue weighted by atomic mass is 16.6. The zero-order chi connectivity index (χ0) is 17.2. The summed E-state index contributed by atoms with van der Waals surface area (Å²) in [6, 6.07) is -1.41. The third-order valence-corrected chi connectivity index (χ3v) is 3.68. The molecule has 11 nitrogen and oxygen atoms in total. The average molecular weight is 329 g/mol. The van der Waals surface area contributed by atoms with Gasteiger partial charge in [0.2, 0.25) is 0 Å². The van der Waals surface area contributed by atoms with Crippen molar-refractivity contribution < 1.29 is 50.7 Å². The summed E-state index contributed by atoms with van der Waals surface area (Å²) in [4.78, 5) is 0. The van der Waals surface area contributed by atoms with Gasteiger partial charge in [0.15, 0.2) is 6.29 Å². The molecule has 10 unspecified atom stereocenters. The average Bonchev–Trinajstić information content (AvgIpc) is 2.52. The summed E-state index contributed by atoms with van der Waals surface area (Å²) >= 11 is 0. The normalized spacial score (nSPS) is 39.8. The second-order valence-corrected chi connectivity index (χ2v) is 5.26. The molecule has 1 aliphatic heterocycles. The predicted molar refractivity (Wildman–Crippen MR) is 68.0 cm³/mol. The molecule has 1 rings (SSSR count). The van der Waals surface area contributed by atoms with Gasteiger partial charge in [-0.1, -0.05) is 0 Å². The minimum atomic E-state index is -2.08. The number of nitrogens with two attached hydrogens (primary N) is 1.